The Balaban J connectivity index is 2.09. The predicted molar refractivity (Wildman–Crippen MR) is 111 cm³/mol. The summed E-state index contributed by atoms with van der Waals surface area (Å²) in [5.41, 5.74) is 2.62. The lowest BCUT2D eigenvalue weighted by Gasteiger charge is -2.16. The third kappa shape index (κ3) is 6.07. The molecule has 5 nitrogen and oxygen atoms in total. The van der Waals surface area contributed by atoms with Crippen molar-refractivity contribution < 1.29 is 14.3 Å². The molecule has 0 heterocycles. The van der Waals surface area contributed by atoms with E-state index < -0.39 is 0 Å². The number of halogens is 1. The van der Waals surface area contributed by atoms with Gasteiger partial charge in [0.2, 0.25) is 5.91 Å². The molecule has 0 fully saturated rings. The Hall–Kier alpha value is -2.40. The average molecular weight is 391 g/mol. The number of hydrogen-bond acceptors (Lipinski definition) is 4. The number of carbonyl (C=O) groups is 1. The fraction of sp³-hybridized carbons (Fsp3) is 0.381. The van der Waals surface area contributed by atoms with Crippen LogP contribution in [0.2, 0.25) is 5.02 Å². The summed E-state index contributed by atoms with van der Waals surface area (Å²) < 4.78 is 11.3. The van der Waals surface area contributed by atoms with Gasteiger partial charge in [-0.05, 0) is 36.8 Å². The van der Waals surface area contributed by atoms with Crippen LogP contribution >= 0.6 is 11.6 Å². The predicted octanol–water partition coefficient (Wildman–Crippen LogP) is 5.34. The Morgan fingerprint density at radius 2 is 1.81 bits per heavy atom. The normalized spacial score (nSPS) is 10.6. The van der Waals surface area contributed by atoms with Crippen molar-refractivity contribution >= 4 is 28.9 Å². The largest absolute Gasteiger partial charge is 0.493 e. The van der Waals surface area contributed by atoms with E-state index in [0.717, 1.165) is 23.4 Å². The lowest BCUT2D eigenvalue weighted by molar-refractivity contribution is -0.118. The number of ether oxygens (including phenoxy) is 2. The maximum absolute atomic E-state index is 11.8. The molecular formula is C21H27ClN2O3. The van der Waals surface area contributed by atoms with E-state index in [-0.39, 0.29) is 11.8 Å². The smallest absolute Gasteiger partial charge is 0.226 e. The maximum atomic E-state index is 11.8. The van der Waals surface area contributed by atoms with E-state index >= 15 is 0 Å². The van der Waals surface area contributed by atoms with Crippen LogP contribution < -0.4 is 20.1 Å². The summed E-state index contributed by atoms with van der Waals surface area (Å²) in [5, 5.41) is 6.83. The molecular weight excluding hydrogens is 364 g/mol. The van der Waals surface area contributed by atoms with Crippen molar-refractivity contribution in [1.82, 2.24) is 0 Å². The van der Waals surface area contributed by atoms with Gasteiger partial charge < -0.3 is 20.1 Å². The van der Waals surface area contributed by atoms with Crippen molar-refractivity contribution in [2.75, 3.05) is 24.4 Å². The second kappa shape index (κ2) is 10.1. The van der Waals surface area contributed by atoms with E-state index in [9.17, 15) is 4.79 Å². The Kier molecular flexibility index (Phi) is 7.80. The molecule has 0 saturated heterocycles. The van der Waals surface area contributed by atoms with Crippen LogP contribution in [0.3, 0.4) is 0 Å². The Morgan fingerprint density at radius 3 is 2.41 bits per heavy atom. The molecule has 0 aliphatic carbocycles. The van der Waals surface area contributed by atoms with Crippen LogP contribution in [0.1, 0.15) is 32.8 Å². The molecule has 0 spiro atoms. The average Bonchev–Trinajstić information content (AvgIpc) is 2.65. The lowest BCUT2D eigenvalue weighted by atomic mass is 10.1. The number of methoxy groups -OCH3 is 1. The second-order valence-corrected chi connectivity index (χ2v) is 6.96. The summed E-state index contributed by atoms with van der Waals surface area (Å²) in [6, 6.07) is 11.2. The molecule has 0 aromatic heterocycles. The summed E-state index contributed by atoms with van der Waals surface area (Å²) in [6.07, 6.45) is 0.905. The first-order valence-electron chi connectivity index (χ1n) is 9.08. The van der Waals surface area contributed by atoms with Crippen LogP contribution in [0.4, 0.5) is 11.4 Å². The minimum Gasteiger partial charge on any atom is -0.493 e. The molecule has 0 atom stereocenters. The zero-order valence-corrected chi connectivity index (χ0v) is 17.0. The number of rotatable bonds is 9. The first-order valence-corrected chi connectivity index (χ1v) is 9.46. The first-order chi connectivity index (χ1) is 12.9. The summed E-state index contributed by atoms with van der Waals surface area (Å²) in [4.78, 5) is 11.8. The van der Waals surface area contributed by atoms with E-state index in [1.165, 1.54) is 0 Å². The summed E-state index contributed by atoms with van der Waals surface area (Å²) in [6.45, 7) is 6.92. The first kappa shape index (κ1) is 20.9. The highest BCUT2D eigenvalue weighted by molar-refractivity contribution is 6.30. The molecule has 2 aromatic carbocycles. The van der Waals surface area contributed by atoms with E-state index in [4.69, 9.17) is 21.1 Å². The molecule has 0 saturated carbocycles. The standard InChI is InChI=1S/C21H27ClN2O3/c1-5-10-27-20-15(11-16(22)12-19(20)26-4)13-23-17-6-8-18(9-7-17)24-21(25)14(2)3/h6-9,11-12,14,23H,5,10,13H2,1-4H3,(H,24,25). The monoisotopic (exact) mass is 390 g/mol. The van der Waals surface area contributed by atoms with Crippen LogP contribution in [0.25, 0.3) is 0 Å². The summed E-state index contributed by atoms with van der Waals surface area (Å²) in [5.74, 6) is 1.28. The highest BCUT2D eigenvalue weighted by Gasteiger charge is 2.13. The van der Waals surface area contributed by atoms with Crippen molar-refractivity contribution in [2.45, 2.75) is 33.7 Å². The molecule has 27 heavy (non-hydrogen) atoms. The number of nitrogens with one attached hydrogen (secondary N) is 2. The Bertz CT molecular complexity index is 761. The van der Waals surface area contributed by atoms with Crippen LogP contribution in [-0.4, -0.2) is 19.6 Å². The van der Waals surface area contributed by atoms with Crippen molar-refractivity contribution in [3.05, 3.63) is 47.0 Å². The van der Waals surface area contributed by atoms with Gasteiger partial charge in [0.05, 0.1) is 13.7 Å². The molecule has 2 N–H and O–H groups in total. The highest BCUT2D eigenvalue weighted by Crippen LogP contribution is 2.35. The topological polar surface area (TPSA) is 59.6 Å². The summed E-state index contributed by atoms with van der Waals surface area (Å²) in [7, 11) is 1.60. The van der Waals surface area contributed by atoms with Crippen molar-refractivity contribution in [3.8, 4) is 11.5 Å². The van der Waals surface area contributed by atoms with Crippen molar-refractivity contribution in [1.29, 1.82) is 0 Å². The molecule has 0 unspecified atom stereocenters. The molecule has 2 aromatic rings. The van der Waals surface area contributed by atoms with Gasteiger partial charge in [-0.25, -0.2) is 0 Å². The van der Waals surface area contributed by atoms with Crippen LogP contribution in [0, 0.1) is 5.92 Å². The van der Waals surface area contributed by atoms with E-state index in [0.29, 0.717) is 29.7 Å². The third-order valence-corrected chi connectivity index (χ3v) is 4.14. The minimum absolute atomic E-state index is 0.000513. The van der Waals surface area contributed by atoms with E-state index in [1.807, 2.05) is 44.2 Å². The van der Waals surface area contributed by atoms with E-state index in [2.05, 4.69) is 17.6 Å². The van der Waals surface area contributed by atoms with E-state index in [1.54, 1.807) is 13.2 Å². The molecule has 6 heteroatoms. The van der Waals surface area contributed by atoms with Crippen LogP contribution in [0.5, 0.6) is 11.5 Å². The van der Waals surface area contributed by atoms with Gasteiger partial charge in [-0.3, -0.25) is 4.79 Å². The molecule has 146 valence electrons. The van der Waals surface area contributed by atoms with Gasteiger partial charge in [0.25, 0.3) is 0 Å². The van der Waals surface area contributed by atoms with Gasteiger partial charge in [0.15, 0.2) is 11.5 Å². The molecule has 0 bridgehead atoms. The molecule has 0 aliphatic heterocycles. The Labute approximate surface area is 166 Å². The van der Waals surface area contributed by atoms with Gasteiger partial charge in [0.1, 0.15) is 0 Å². The minimum atomic E-state index is -0.0536. The fourth-order valence-corrected chi connectivity index (χ4v) is 2.66. The SMILES string of the molecule is CCCOc1c(CNc2ccc(NC(=O)C(C)C)cc2)cc(Cl)cc1OC. The van der Waals surface area contributed by atoms with Crippen LogP contribution in [0.15, 0.2) is 36.4 Å². The summed E-state index contributed by atoms with van der Waals surface area (Å²) >= 11 is 6.21. The maximum Gasteiger partial charge on any atom is 0.226 e. The van der Waals surface area contributed by atoms with Crippen LogP contribution in [-0.2, 0) is 11.3 Å². The zero-order chi connectivity index (χ0) is 19.8. The molecule has 0 aliphatic rings. The molecule has 0 radical (unpaired) electrons. The quantitative estimate of drug-likeness (QED) is 0.606. The number of benzene rings is 2. The third-order valence-electron chi connectivity index (χ3n) is 3.93. The Morgan fingerprint density at radius 1 is 1.15 bits per heavy atom. The molecule has 2 rings (SSSR count). The van der Waals surface area contributed by atoms with Gasteiger partial charge in [-0.2, -0.15) is 0 Å². The highest BCUT2D eigenvalue weighted by atomic mass is 35.5. The zero-order valence-electron chi connectivity index (χ0n) is 16.3. The van der Waals surface area contributed by atoms with Gasteiger partial charge >= 0.3 is 0 Å². The van der Waals surface area contributed by atoms with Gasteiger partial charge in [-0.15, -0.1) is 0 Å². The van der Waals surface area contributed by atoms with Gasteiger partial charge in [-0.1, -0.05) is 32.4 Å². The number of hydrogen-bond donors (Lipinski definition) is 2. The number of amides is 1. The van der Waals surface area contributed by atoms with Crippen molar-refractivity contribution in [3.63, 3.8) is 0 Å². The fourth-order valence-electron chi connectivity index (χ4n) is 2.43. The van der Waals surface area contributed by atoms with Gasteiger partial charge in [0, 0.05) is 40.5 Å². The van der Waals surface area contributed by atoms with Crippen molar-refractivity contribution in [2.24, 2.45) is 5.92 Å². The number of anilines is 2. The number of carbonyl (C=O) groups excluding carboxylic acids is 1. The second-order valence-electron chi connectivity index (χ2n) is 6.52. The molecule has 1 amide bonds. The lowest BCUT2D eigenvalue weighted by Crippen LogP contribution is -2.17.